The summed E-state index contributed by atoms with van der Waals surface area (Å²) in [5.41, 5.74) is 1.99. The molecule has 0 aliphatic carbocycles. The van der Waals surface area contributed by atoms with Crippen molar-refractivity contribution in [2.75, 3.05) is 6.61 Å². The predicted octanol–water partition coefficient (Wildman–Crippen LogP) is 7.95. The van der Waals surface area contributed by atoms with Gasteiger partial charge in [0, 0.05) is 24.3 Å². The van der Waals surface area contributed by atoms with Gasteiger partial charge in [-0.2, -0.15) is 0 Å². The molecule has 0 aliphatic heterocycles. The Morgan fingerprint density at radius 2 is 1.80 bits per heavy atom. The van der Waals surface area contributed by atoms with E-state index in [-0.39, 0.29) is 49.0 Å². The van der Waals surface area contributed by atoms with Gasteiger partial charge in [0.2, 0.25) is 0 Å². The van der Waals surface area contributed by atoms with Gasteiger partial charge < -0.3 is 5.11 Å². The van der Waals surface area contributed by atoms with Crippen LogP contribution in [0.15, 0.2) is 121 Å². The standard InChI is InChI=1S/C35H38F2O3/c1-8-16-30(19-20-31(11-4)35(36,37)12-5)28(10-3)23-32(34(40)26(7)21-27(9-2)24-38)33(39)22-25(6)29-17-14-13-15-18-29/h2,8,10-11,13-15,17-20,23,27,38H,1,4,6-7,12,16,21-22,24H2,3,5H3/b28-10+,30-19+,31-20+,32-23+/t27-/m1/s1. The molecule has 1 aromatic carbocycles. The van der Waals surface area contributed by atoms with Gasteiger partial charge in [0.05, 0.1) is 12.2 Å². The third kappa shape index (κ3) is 9.87. The van der Waals surface area contributed by atoms with Crippen molar-refractivity contribution in [3.8, 4) is 12.3 Å². The zero-order chi connectivity index (χ0) is 30.3. The summed E-state index contributed by atoms with van der Waals surface area (Å²) in [6.07, 6.45) is 13.8. The second-order valence-electron chi connectivity index (χ2n) is 9.12. The Hall–Kier alpha value is -4.14. The van der Waals surface area contributed by atoms with Crippen LogP contribution in [0.2, 0.25) is 0 Å². The molecule has 210 valence electrons. The molecule has 0 aromatic heterocycles. The summed E-state index contributed by atoms with van der Waals surface area (Å²) < 4.78 is 28.6. The Balaban J connectivity index is 3.64. The van der Waals surface area contributed by atoms with Gasteiger partial charge in [-0.1, -0.05) is 87.4 Å². The average molecular weight is 545 g/mol. The van der Waals surface area contributed by atoms with Crippen LogP contribution >= 0.6 is 0 Å². The molecule has 0 spiro atoms. The van der Waals surface area contributed by atoms with Crippen molar-refractivity contribution in [1.29, 1.82) is 0 Å². The fourth-order valence-corrected chi connectivity index (χ4v) is 3.78. The highest BCUT2D eigenvalue weighted by Gasteiger charge is 2.29. The Labute approximate surface area is 237 Å². The predicted molar refractivity (Wildman–Crippen MR) is 162 cm³/mol. The maximum Gasteiger partial charge on any atom is 0.272 e. The number of hydrogen-bond acceptors (Lipinski definition) is 3. The van der Waals surface area contributed by atoms with Gasteiger partial charge in [-0.25, -0.2) is 8.78 Å². The lowest BCUT2D eigenvalue weighted by molar-refractivity contribution is -0.119. The third-order valence-corrected chi connectivity index (χ3v) is 6.27. The van der Waals surface area contributed by atoms with Crippen molar-refractivity contribution >= 4 is 17.1 Å². The molecule has 0 saturated heterocycles. The Morgan fingerprint density at radius 1 is 1.15 bits per heavy atom. The van der Waals surface area contributed by atoms with E-state index in [1.165, 1.54) is 25.2 Å². The largest absolute Gasteiger partial charge is 0.395 e. The molecule has 1 rings (SSSR count). The first kappa shape index (κ1) is 33.9. The average Bonchev–Trinajstić information content (AvgIpc) is 2.96. The minimum Gasteiger partial charge on any atom is -0.395 e. The second-order valence-corrected chi connectivity index (χ2v) is 9.12. The number of aliphatic hydroxyl groups excluding tert-OH is 1. The summed E-state index contributed by atoms with van der Waals surface area (Å²) in [5.74, 6) is -2.39. The first-order valence-corrected chi connectivity index (χ1v) is 13.0. The van der Waals surface area contributed by atoms with Gasteiger partial charge in [0.1, 0.15) is 0 Å². The first-order valence-electron chi connectivity index (χ1n) is 13.0. The van der Waals surface area contributed by atoms with Crippen LogP contribution in [0.4, 0.5) is 8.78 Å². The zero-order valence-corrected chi connectivity index (χ0v) is 23.4. The molecule has 1 aromatic rings. The summed E-state index contributed by atoms with van der Waals surface area (Å²) in [5, 5.41) is 9.48. The fourth-order valence-electron chi connectivity index (χ4n) is 3.78. The molecule has 3 nitrogen and oxygen atoms in total. The van der Waals surface area contributed by atoms with Crippen molar-refractivity contribution in [3.05, 3.63) is 127 Å². The molecule has 40 heavy (non-hydrogen) atoms. The molecule has 0 bridgehead atoms. The summed E-state index contributed by atoms with van der Waals surface area (Å²) in [7, 11) is 0. The summed E-state index contributed by atoms with van der Waals surface area (Å²) in [6, 6.07) is 9.11. The molecular formula is C35H38F2O3. The van der Waals surface area contributed by atoms with Crippen LogP contribution in [0.3, 0.4) is 0 Å². The van der Waals surface area contributed by atoms with E-state index >= 15 is 0 Å². The van der Waals surface area contributed by atoms with Gasteiger partial charge in [-0.3, -0.25) is 9.59 Å². The van der Waals surface area contributed by atoms with Gasteiger partial charge in [0.15, 0.2) is 11.6 Å². The van der Waals surface area contributed by atoms with E-state index < -0.39 is 23.4 Å². The Bertz CT molecular complexity index is 1280. The zero-order valence-electron chi connectivity index (χ0n) is 23.4. The molecule has 1 N–H and O–H groups in total. The van der Waals surface area contributed by atoms with Crippen LogP contribution in [0.25, 0.3) is 5.57 Å². The van der Waals surface area contributed by atoms with E-state index in [9.17, 15) is 23.5 Å². The van der Waals surface area contributed by atoms with Crippen LogP contribution in [0, 0.1) is 18.3 Å². The van der Waals surface area contributed by atoms with Gasteiger partial charge in [-0.15, -0.1) is 18.9 Å². The molecule has 0 radical (unpaired) electrons. The van der Waals surface area contributed by atoms with Crippen LogP contribution in [-0.4, -0.2) is 29.2 Å². The van der Waals surface area contributed by atoms with Crippen molar-refractivity contribution in [3.63, 3.8) is 0 Å². The number of hydrogen-bond donors (Lipinski definition) is 1. The number of carbonyl (C=O) groups is 2. The van der Waals surface area contributed by atoms with Crippen molar-refractivity contribution in [2.24, 2.45) is 5.92 Å². The number of terminal acetylenes is 1. The van der Waals surface area contributed by atoms with Crippen molar-refractivity contribution in [2.45, 2.75) is 45.5 Å². The lowest BCUT2D eigenvalue weighted by Crippen LogP contribution is -2.18. The van der Waals surface area contributed by atoms with Gasteiger partial charge >= 0.3 is 0 Å². The highest BCUT2D eigenvalue weighted by molar-refractivity contribution is 6.27. The molecule has 0 aliphatic rings. The normalized spacial score (nSPS) is 13.7. The maximum atomic E-state index is 14.3. The van der Waals surface area contributed by atoms with Crippen LogP contribution in [-0.2, 0) is 9.59 Å². The van der Waals surface area contributed by atoms with E-state index in [1.54, 1.807) is 19.1 Å². The third-order valence-electron chi connectivity index (χ3n) is 6.27. The molecule has 1 atom stereocenters. The molecule has 0 saturated carbocycles. The lowest BCUT2D eigenvalue weighted by Gasteiger charge is -2.16. The monoisotopic (exact) mass is 544 g/mol. The topological polar surface area (TPSA) is 54.4 Å². The quantitative estimate of drug-likeness (QED) is 0.0541. The highest BCUT2D eigenvalue weighted by Crippen LogP contribution is 2.30. The number of rotatable bonds is 17. The summed E-state index contributed by atoms with van der Waals surface area (Å²) in [4.78, 5) is 27.1. The van der Waals surface area contributed by atoms with Crippen molar-refractivity contribution < 1.29 is 23.5 Å². The number of Topliss-reactive ketones (excluding diaryl/α,β-unsaturated/α-hetero) is 2. The number of benzene rings is 1. The number of allylic oxidation sites excluding steroid dienone is 12. The maximum absolute atomic E-state index is 14.3. The van der Waals surface area contributed by atoms with Gasteiger partial charge in [-0.05, 0) is 53.7 Å². The van der Waals surface area contributed by atoms with Gasteiger partial charge in [0.25, 0.3) is 5.92 Å². The first-order chi connectivity index (χ1) is 19.0. The minimum absolute atomic E-state index is 0.00808. The number of ketones is 2. The van der Waals surface area contributed by atoms with Crippen LogP contribution < -0.4 is 0 Å². The molecule has 0 fully saturated rings. The molecule has 0 unspecified atom stereocenters. The lowest BCUT2D eigenvalue weighted by atomic mass is 9.88. The summed E-state index contributed by atoms with van der Waals surface area (Å²) in [6.45, 7) is 17.9. The van der Waals surface area contributed by atoms with Crippen molar-refractivity contribution in [1.82, 2.24) is 0 Å². The fraction of sp³-hybridized carbons (Fsp3) is 0.257. The van der Waals surface area contributed by atoms with E-state index in [1.807, 2.05) is 30.3 Å². The smallest absolute Gasteiger partial charge is 0.272 e. The van der Waals surface area contributed by atoms with E-state index in [0.29, 0.717) is 16.7 Å². The highest BCUT2D eigenvalue weighted by atomic mass is 19.3. The molecule has 0 amide bonds. The second kappa shape index (κ2) is 16.7. The Morgan fingerprint density at radius 3 is 2.30 bits per heavy atom. The van der Waals surface area contributed by atoms with E-state index in [2.05, 4.69) is 32.2 Å². The Kier molecular flexibility index (Phi) is 14.2. The molecular weight excluding hydrogens is 506 g/mol. The number of alkyl halides is 2. The van der Waals surface area contributed by atoms with E-state index in [4.69, 9.17) is 6.42 Å². The van der Waals surface area contributed by atoms with Crippen LogP contribution in [0.1, 0.15) is 45.1 Å². The number of aliphatic hydroxyl groups is 1. The number of halogens is 2. The number of carbonyl (C=O) groups excluding carboxylic acids is 2. The molecule has 0 heterocycles. The summed E-state index contributed by atoms with van der Waals surface area (Å²) >= 11 is 0. The van der Waals surface area contributed by atoms with Crippen LogP contribution in [0.5, 0.6) is 0 Å². The minimum atomic E-state index is -3.06. The van der Waals surface area contributed by atoms with E-state index in [0.717, 1.165) is 11.6 Å². The SMILES string of the molecule is C#C[C@@H](CO)CC(=C)C(=O)/C(=C/C(=C\C)C(=C/C=C(\C=C)C(F)(F)CC)/CC=C)C(=O)CC(=C)c1ccccc1. The molecule has 5 heteroatoms.